The van der Waals surface area contributed by atoms with Gasteiger partial charge in [-0.15, -0.1) is 11.6 Å². The van der Waals surface area contributed by atoms with E-state index in [1.807, 2.05) is 38.4 Å². The van der Waals surface area contributed by atoms with Gasteiger partial charge in [0.1, 0.15) is 12.4 Å². The molecule has 5 heteroatoms. The van der Waals surface area contributed by atoms with Crippen LogP contribution in [0.2, 0.25) is 0 Å². The van der Waals surface area contributed by atoms with Crippen LogP contribution >= 0.6 is 11.6 Å². The van der Waals surface area contributed by atoms with Crippen molar-refractivity contribution in [1.29, 1.82) is 0 Å². The number of hydrogen-bond donors (Lipinski definition) is 0. The lowest BCUT2D eigenvalue weighted by Gasteiger charge is -2.31. The first-order valence-corrected chi connectivity index (χ1v) is 12.8. The second-order valence-corrected chi connectivity index (χ2v) is 9.61. The molecule has 0 N–H and O–H groups in total. The van der Waals surface area contributed by atoms with Crippen LogP contribution in [-0.2, 0) is 11.2 Å². The molecule has 3 aromatic rings. The van der Waals surface area contributed by atoms with Gasteiger partial charge in [-0.1, -0.05) is 63.1 Å². The van der Waals surface area contributed by atoms with Gasteiger partial charge < -0.3 is 9.47 Å². The minimum atomic E-state index is -0.331. The standard InChI is InChI=1S/C29H37ClN2O2/c1-5-7-8-9-23-20-31-28(32-21-23)26-12-10-24(11-13-26)25-14-16-27(17-15-25)33-18-19-34-29(4,6-2)22(3)30/h10-17,20-22H,5-9,18-19H2,1-4H3. The van der Waals surface area contributed by atoms with Gasteiger partial charge in [-0.2, -0.15) is 0 Å². The topological polar surface area (TPSA) is 44.2 Å². The molecular weight excluding hydrogens is 444 g/mol. The van der Waals surface area contributed by atoms with E-state index in [0.29, 0.717) is 13.2 Å². The first-order chi connectivity index (χ1) is 16.4. The summed E-state index contributed by atoms with van der Waals surface area (Å²) in [5.74, 6) is 1.59. The summed E-state index contributed by atoms with van der Waals surface area (Å²) in [7, 11) is 0. The molecule has 2 aromatic carbocycles. The quantitative estimate of drug-likeness (QED) is 0.185. The highest BCUT2D eigenvalue weighted by Crippen LogP contribution is 2.26. The van der Waals surface area contributed by atoms with Gasteiger partial charge in [0, 0.05) is 18.0 Å². The normalized spacial score (nSPS) is 13.9. The van der Waals surface area contributed by atoms with E-state index in [2.05, 4.69) is 60.2 Å². The number of alkyl halides is 1. The molecule has 3 rings (SSSR count). The Hall–Kier alpha value is -2.43. The zero-order valence-electron chi connectivity index (χ0n) is 20.9. The number of nitrogens with zero attached hydrogens (tertiary/aromatic N) is 2. The summed E-state index contributed by atoms with van der Waals surface area (Å²) in [6, 6.07) is 16.5. The third kappa shape index (κ3) is 7.28. The van der Waals surface area contributed by atoms with Crippen molar-refractivity contribution in [2.45, 2.75) is 70.8 Å². The van der Waals surface area contributed by atoms with Crippen molar-refractivity contribution >= 4 is 11.6 Å². The molecule has 0 amide bonds. The van der Waals surface area contributed by atoms with Gasteiger partial charge in [0.2, 0.25) is 0 Å². The van der Waals surface area contributed by atoms with Crippen LogP contribution in [0.1, 0.15) is 58.9 Å². The predicted octanol–water partition coefficient (Wildman–Crippen LogP) is 7.73. The summed E-state index contributed by atoms with van der Waals surface area (Å²) < 4.78 is 11.8. The Balaban J connectivity index is 1.53. The first-order valence-electron chi connectivity index (χ1n) is 12.4. The van der Waals surface area contributed by atoms with Gasteiger partial charge in [-0.05, 0) is 61.9 Å². The SMILES string of the molecule is CCCCCc1cnc(-c2ccc(-c3ccc(OCCOC(C)(CC)C(C)Cl)cc3)cc2)nc1. The Morgan fingerprint density at radius 1 is 0.853 bits per heavy atom. The molecule has 1 aromatic heterocycles. The van der Waals surface area contributed by atoms with E-state index in [0.717, 1.165) is 41.1 Å². The van der Waals surface area contributed by atoms with Crippen molar-refractivity contribution in [3.8, 4) is 28.3 Å². The summed E-state index contributed by atoms with van der Waals surface area (Å²) in [4.78, 5) is 9.12. The minimum Gasteiger partial charge on any atom is -0.491 e. The van der Waals surface area contributed by atoms with Crippen molar-refractivity contribution in [3.63, 3.8) is 0 Å². The van der Waals surface area contributed by atoms with Gasteiger partial charge >= 0.3 is 0 Å². The number of unbranched alkanes of at least 4 members (excludes halogenated alkanes) is 2. The fraction of sp³-hybridized carbons (Fsp3) is 0.448. The molecule has 1 heterocycles. The average Bonchev–Trinajstić information content (AvgIpc) is 2.87. The molecule has 0 fully saturated rings. The van der Waals surface area contributed by atoms with Crippen LogP contribution in [0, 0.1) is 0 Å². The second-order valence-electron chi connectivity index (χ2n) is 8.95. The Morgan fingerprint density at radius 3 is 2.00 bits per heavy atom. The third-order valence-electron chi connectivity index (χ3n) is 6.43. The molecule has 0 radical (unpaired) electrons. The number of rotatable bonds is 13. The smallest absolute Gasteiger partial charge is 0.159 e. The Kier molecular flexibility index (Phi) is 9.91. The lowest BCUT2D eigenvalue weighted by Crippen LogP contribution is -2.37. The molecule has 0 bridgehead atoms. The van der Waals surface area contributed by atoms with Crippen molar-refractivity contribution in [2.24, 2.45) is 0 Å². The predicted molar refractivity (Wildman–Crippen MR) is 142 cm³/mol. The fourth-order valence-corrected chi connectivity index (χ4v) is 3.92. The highest BCUT2D eigenvalue weighted by Gasteiger charge is 2.28. The largest absolute Gasteiger partial charge is 0.491 e. The van der Waals surface area contributed by atoms with Crippen LogP contribution in [0.5, 0.6) is 5.75 Å². The van der Waals surface area contributed by atoms with Crippen molar-refractivity contribution in [2.75, 3.05) is 13.2 Å². The molecule has 2 atom stereocenters. The van der Waals surface area contributed by atoms with Gasteiger partial charge in [-0.25, -0.2) is 9.97 Å². The third-order valence-corrected chi connectivity index (χ3v) is 6.89. The molecule has 0 saturated carbocycles. The summed E-state index contributed by atoms with van der Waals surface area (Å²) in [6.07, 6.45) is 9.48. The van der Waals surface area contributed by atoms with E-state index < -0.39 is 0 Å². The number of aromatic nitrogens is 2. The van der Waals surface area contributed by atoms with Crippen LogP contribution in [0.15, 0.2) is 60.9 Å². The monoisotopic (exact) mass is 480 g/mol. The van der Waals surface area contributed by atoms with Gasteiger partial charge in [0.05, 0.1) is 17.6 Å². The number of hydrogen-bond acceptors (Lipinski definition) is 4. The molecule has 0 aliphatic rings. The maximum absolute atomic E-state index is 6.26. The van der Waals surface area contributed by atoms with E-state index in [1.54, 1.807) is 0 Å². The zero-order chi connectivity index (χ0) is 24.4. The Morgan fingerprint density at radius 2 is 1.44 bits per heavy atom. The molecule has 0 aliphatic heterocycles. The summed E-state index contributed by atoms with van der Waals surface area (Å²) in [5.41, 5.74) is 4.18. The summed E-state index contributed by atoms with van der Waals surface area (Å²) in [5, 5.41) is -0.0513. The van der Waals surface area contributed by atoms with Crippen LogP contribution in [0.25, 0.3) is 22.5 Å². The summed E-state index contributed by atoms with van der Waals surface area (Å²) >= 11 is 6.26. The van der Waals surface area contributed by atoms with Crippen molar-refractivity contribution in [3.05, 3.63) is 66.5 Å². The molecule has 0 saturated heterocycles. The van der Waals surface area contributed by atoms with Crippen molar-refractivity contribution < 1.29 is 9.47 Å². The Bertz CT molecular complexity index is 988. The molecule has 0 aliphatic carbocycles. The molecule has 2 unspecified atom stereocenters. The molecule has 4 nitrogen and oxygen atoms in total. The maximum atomic E-state index is 6.26. The van der Waals surface area contributed by atoms with Crippen LogP contribution in [-0.4, -0.2) is 34.2 Å². The molecule has 34 heavy (non-hydrogen) atoms. The summed E-state index contributed by atoms with van der Waals surface area (Å²) in [6.45, 7) is 9.31. The zero-order valence-corrected chi connectivity index (χ0v) is 21.6. The first kappa shape index (κ1) is 26.2. The van der Waals surface area contributed by atoms with Gasteiger partial charge in [-0.3, -0.25) is 0 Å². The van der Waals surface area contributed by atoms with Gasteiger partial charge in [0.25, 0.3) is 0 Å². The van der Waals surface area contributed by atoms with Gasteiger partial charge in [0.15, 0.2) is 5.82 Å². The minimum absolute atomic E-state index is 0.0513. The number of aryl methyl sites for hydroxylation is 1. The average molecular weight is 481 g/mol. The van der Waals surface area contributed by atoms with E-state index in [-0.39, 0.29) is 11.0 Å². The van der Waals surface area contributed by atoms with E-state index in [9.17, 15) is 0 Å². The molecular formula is C29H37ClN2O2. The number of benzene rings is 2. The van der Waals surface area contributed by atoms with E-state index in [1.165, 1.54) is 24.8 Å². The lowest BCUT2D eigenvalue weighted by atomic mass is 10.00. The van der Waals surface area contributed by atoms with Crippen LogP contribution < -0.4 is 4.74 Å². The highest BCUT2D eigenvalue weighted by atomic mass is 35.5. The van der Waals surface area contributed by atoms with E-state index in [4.69, 9.17) is 21.1 Å². The van der Waals surface area contributed by atoms with E-state index >= 15 is 0 Å². The fourth-order valence-electron chi connectivity index (χ4n) is 3.70. The second kappa shape index (κ2) is 12.9. The maximum Gasteiger partial charge on any atom is 0.159 e. The van der Waals surface area contributed by atoms with Crippen molar-refractivity contribution in [1.82, 2.24) is 9.97 Å². The Labute approximate surface area is 209 Å². The highest BCUT2D eigenvalue weighted by molar-refractivity contribution is 6.21. The number of halogens is 1. The number of ether oxygens (including phenoxy) is 2. The lowest BCUT2D eigenvalue weighted by molar-refractivity contribution is -0.0446. The van der Waals surface area contributed by atoms with Crippen LogP contribution in [0.4, 0.5) is 0 Å². The van der Waals surface area contributed by atoms with Crippen LogP contribution in [0.3, 0.4) is 0 Å². The molecule has 0 spiro atoms. The molecule has 182 valence electrons.